The van der Waals surface area contributed by atoms with Gasteiger partial charge in [0.2, 0.25) is 0 Å². The Hall–Kier alpha value is -1.14. The molecule has 1 aromatic carbocycles. The fourth-order valence-electron chi connectivity index (χ4n) is 1.50. The van der Waals surface area contributed by atoms with Crippen LogP contribution in [-0.2, 0) is 17.8 Å². The Bertz CT molecular complexity index is 527. The minimum Gasteiger partial charge on any atom is -0.431 e. The molecule has 0 unspecified atom stereocenters. The van der Waals surface area contributed by atoms with Crippen molar-refractivity contribution in [3.8, 4) is 10.9 Å². The van der Waals surface area contributed by atoms with E-state index in [4.69, 9.17) is 26.2 Å². The van der Waals surface area contributed by atoms with Crippen molar-refractivity contribution in [2.75, 3.05) is 13.7 Å². The summed E-state index contributed by atoms with van der Waals surface area (Å²) in [6, 6.07) is 7.71. The first-order valence-corrected chi connectivity index (χ1v) is 6.94. The molecule has 19 heavy (non-hydrogen) atoms. The molecule has 0 bridgehead atoms. The lowest BCUT2D eigenvalue weighted by molar-refractivity contribution is 0.202. The predicted octanol–water partition coefficient (Wildman–Crippen LogP) is 3.27. The summed E-state index contributed by atoms with van der Waals surface area (Å²) in [7, 11) is 1.68. The molecular weight excluding hydrogens is 286 g/mol. The van der Waals surface area contributed by atoms with E-state index in [1.165, 1.54) is 16.9 Å². The standard InChI is InChI=1S/C13H14ClNO3S/c1-17-7-6-9-2-4-10(5-3-9)18-13-15-12(14)11(8-16)19-13/h2-5,16H,6-8H2,1H3. The van der Waals surface area contributed by atoms with Crippen LogP contribution in [0.5, 0.6) is 10.9 Å². The van der Waals surface area contributed by atoms with Gasteiger partial charge in [0, 0.05) is 7.11 Å². The fraction of sp³-hybridized carbons (Fsp3) is 0.308. The number of aliphatic hydroxyl groups is 1. The Morgan fingerprint density at radius 2 is 2.05 bits per heavy atom. The highest BCUT2D eigenvalue weighted by Gasteiger charge is 2.10. The van der Waals surface area contributed by atoms with E-state index in [9.17, 15) is 0 Å². The van der Waals surface area contributed by atoms with Crippen molar-refractivity contribution in [2.24, 2.45) is 0 Å². The molecule has 1 aromatic heterocycles. The maximum atomic E-state index is 9.04. The number of methoxy groups -OCH3 is 1. The molecule has 0 radical (unpaired) electrons. The number of aliphatic hydroxyl groups excluding tert-OH is 1. The van der Waals surface area contributed by atoms with Crippen LogP contribution in [0, 0.1) is 0 Å². The van der Waals surface area contributed by atoms with Crippen LogP contribution in [0.1, 0.15) is 10.4 Å². The van der Waals surface area contributed by atoms with E-state index in [0.29, 0.717) is 27.6 Å². The molecular formula is C13H14ClNO3S. The largest absolute Gasteiger partial charge is 0.431 e. The molecule has 0 spiro atoms. The van der Waals surface area contributed by atoms with E-state index < -0.39 is 0 Å². The molecule has 0 aliphatic carbocycles. The molecule has 0 aliphatic rings. The van der Waals surface area contributed by atoms with Gasteiger partial charge in [-0.25, -0.2) is 0 Å². The van der Waals surface area contributed by atoms with Crippen LogP contribution in [0.15, 0.2) is 24.3 Å². The average Bonchev–Trinajstić information content (AvgIpc) is 2.78. The van der Waals surface area contributed by atoms with Crippen LogP contribution < -0.4 is 4.74 Å². The summed E-state index contributed by atoms with van der Waals surface area (Å²) >= 11 is 7.08. The summed E-state index contributed by atoms with van der Waals surface area (Å²) in [5.41, 5.74) is 1.18. The number of nitrogens with zero attached hydrogens (tertiary/aromatic N) is 1. The summed E-state index contributed by atoms with van der Waals surface area (Å²) in [6.45, 7) is 0.567. The molecule has 0 amide bonds. The second-order valence-electron chi connectivity index (χ2n) is 3.84. The second-order valence-corrected chi connectivity index (χ2v) is 5.24. The second kappa shape index (κ2) is 6.86. The number of ether oxygens (including phenoxy) is 2. The van der Waals surface area contributed by atoms with E-state index in [-0.39, 0.29) is 6.61 Å². The van der Waals surface area contributed by atoms with Crippen molar-refractivity contribution in [1.29, 1.82) is 0 Å². The maximum Gasteiger partial charge on any atom is 0.280 e. The molecule has 2 aromatic rings. The lowest BCUT2D eigenvalue weighted by Crippen LogP contribution is -1.94. The smallest absolute Gasteiger partial charge is 0.280 e. The zero-order valence-electron chi connectivity index (χ0n) is 10.4. The molecule has 0 saturated carbocycles. The minimum atomic E-state index is -0.129. The summed E-state index contributed by atoms with van der Waals surface area (Å²) < 4.78 is 10.6. The van der Waals surface area contributed by atoms with Gasteiger partial charge in [-0.05, 0) is 24.1 Å². The zero-order chi connectivity index (χ0) is 13.7. The van der Waals surface area contributed by atoms with Crippen LogP contribution >= 0.6 is 22.9 Å². The van der Waals surface area contributed by atoms with Crippen LogP contribution in [-0.4, -0.2) is 23.8 Å². The number of hydrogen-bond donors (Lipinski definition) is 1. The average molecular weight is 300 g/mol. The zero-order valence-corrected chi connectivity index (χ0v) is 12.0. The van der Waals surface area contributed by atoms with Gasteiger partial charge in [-0.15, -0.1) is 0 Å². The van der Waals surface area contributed by atoms with Crippen molar-refractivity contribution in [3.63, 3.8) is 0 Å². The predicted molar refractivity (Wildman–Crippen MR) is 75.1 cm³/mol. The number of benzene rings is 1. The van der Waals surface area contributed by atoms with Gasteiger partial charge >= 0.3 is 0 Å². The van der Waals surface area contributed by atoms with E-state index in [0.717, 1.165) is 6.42 Å². The van der Waals surface area contributed by atoms with Gasteiger partial charge in [-0.3, -0.25) is 0 Å². The van der Waals surface area contributed by atoms with E-state index in [1.807, 2.05) is 24.3 Å². The van der Waals surface area contributed by atoms with Gasteiger partial charge in [0.1, 0.15) is 10.9 Å². The summed E-state index contributed by atoms with van der Waals surface area (Å²) in [6.07, 6.45) is 0.870. The van der Waals surface area contributed by atoms with Crippen LogP contribution in [0.3, 0.4) is 0 Å². The third kappa shape index (κ3) is 3.91. The summed E-state index contributed by atoms with van der Waals surface area (Å²) in [4.78, 5) is 4.64. The van der Waals surface area contributed by atoms with Gasteiger partial charge < -0.3 is 14.6 Å². The molecule has 0 atom stereocenters. The highest BCUT2D eigenvalue weighted by atomic mass is 35.5. The lowest BCUT2D eigenvalue weighted by Gasteiger charge is -2.03. The highest BCUT2D eigenvalue weighted by Crippen LogP contribution is 2.31. The molecule has 6 heteroatoms. The van der Waals surface area contributed by atoms with Crippen LogP contribution in [0.2, 0.25) is 5.15 Å². The monoisotopic (exact) mass is 299 g/mol. The van der Waals surface area contributed by atoms with Crippen molar-refractivity contribution in [1.82, 2.24) is 4.98 Å². The van der Waals surface area contributed by atoms with E-state index in [2.05, 4.69) is 4.98 Å². The van der Waals surface area contributed by atoms with Crippen molar-refractivity contribution in [2.45, 2.75) is 13.0 Å². The van der Waals surface area contributed by atoms with Gasteiger partial charge in [-0.2, -0.15) is 4.98 Å². The van der Waals surface area contributed by atoms with Crippen molar-refractivity contribution in [3.05, 3.63) is 39.9 Å². The molecule has 1 heterocycles. The highest BCUT2D eigenvalue weighted by molar-refractivity contribution is 7.13. The van der Waals surface area contributed by atoms with E-state index >= 15 is 0 Å². The maximum absolute atomic E-state index is 9.04. The molecule has 0 aliphatic heterocycles. The molecule has 102 valence electrons. The van der Waals surface area contributed by atoms with E-state index in [1.54, 1.807) is 7.11 Å². The molecule has 4 nitrogen and oxygen atoms in total. The van der Waals surface area contributed by atoms with Gasteiger partial charge in [-0.1, -0.05) is 35.1 Å². The van der Waals surface area contributed by atoms with Crippen LogP contribution in [0.25, 0.3) is 0 Å². The first-order chi connectivity index (χ1) is 9.22. The Balaban J connectivity index is 2.02. The topological polar surface area (TPSA) is 51.6 Å². The molecule has 0 fully saturated rings. The quantitative estimate of drug-likeness (QED) is 0.889. The Morgan fingerprint density at radius 1 is 1.32 bits per heavy atom. The normalized spacial score (nSPS) is 10.7. The van der Waals surface area contributed by atoms with Gasteiger partial charge in [0.05, 0.1) is 18.1 Å². The van der Waals surface area contributed by atoms with Crippen molar-refractivity contribution >= 4 is 22.9 Å². The Kier molecular flexibility index (Phi) is 5.15. The van der Waals surface area contributed by atoms with Crippen LogP contribution in [0.4, 0.5) is 0 Å². The summed E-state index contributed by atoms with van der Waals surface area (Å²) in [5, 5.41) is 9.76. The number of aromatic nitrogens is 1. The Morgan fingerprint density at radius 3 is 2.63 bits per heavy atom. The molecule has 0 saturated heterocycles. The number of hydrogen-bond acceptors (Lipinski definition) is 5. The lowest BCUT2D eigenvalue weighted by atomic mass is 10.1. The first-order valence-electron chi connectivity index (χ1n) is 5.74. The van der Waals surface area contributed by atoms with Crippen molar-refractivity contribution < 1.29 is 14.6 Å². The Labute approximate surface area is 120 Å². The third-order valence-corrected chi connectivity index (χ3v) is 3.84. The summed E-state index contributed by atoms with van der Waals surface area (Å²) in [5.74, 6) is 0.691. The first kappa shape index (κ1) is 14.3. The number of halogens is 1. The fourth-order valence-corrected chi connectivity index (χ4v) is 2.48. The number of rotatable bonds is 6. The SMILES string of the molecule is COCCc1ccc(Oc2nc(Cl)c(CO)s2)cc1. The minimum absolute atomic E-state index is 0.129. The number of thiazole rings is 1. The van der Waals surface area contributed by atoms with Gasteiger partial charge in [0.15, 0.2) is 0 Å². The third-order valence-electron chi connectivity index (χ3n) is 2.50. The molecule has 1 N–H and O–H groups in total. The van der Waals surface area contributed by atoms with Gasteiger partial charge in [0.25, 0.3) is 5.19 Å². The molecule has 2 rings (SSSR count).